The van der Waals surface area contributed by atoms with Crippen molar-refractivity contribution in [2.24, 2.45) is 0 Å². The van der Waals surface area contributed by atoms with Crippen molar-refractivity contribution >= 4 is 23.2 Å². The Hall–Kier alpha value is -3.22. The summed E-state index contributed by atoms with van der Waals surface area (Å²) in [5, 5.41) is 5.54. The maximum absolute atomic E-state index is 12.7. The lowest BCUT2D eigenvalue weighted by molar-refractivity contribution is -0.116. The largest absolute Gasteiger partial charge is 0.496 e. The summed E-state index contributed by atoms with van der Waals surface area (Å²) in [5.41, 5.74) is 1.33. The number of hydrogen-bond donors (Lipinski definition) is 2. The summed E-state index contributed by atoms with van der Waals surface area (Å²) in [4.78, 5) is 24.3. The van der Waals surface area contributed by atoms with Crippen LogP contribution in [0.25, 0.3) is 0 Å². The van der Waals surface area contributed by atoms with E-state index in [2.05, 4.69) is 10.6 Å². The minimum absolute atomic E-state index is 0.131. The Morgan fingerprint density at radius 2 is 1.88 bits per heavy atom. The smallest absolute Gasteiger partial charge is 0.263 e. The third-order valence-corrected chi connectivity index (χ3v) is 3.75. The summed E-state index contributed by atoms with van der Waals surface area (Å²) in [6.45, 7) is 0.322. The molecule has 7 nitrogen and oxygen atoms in total. The molecule has 1 heterocycles. The zero-order valence-electron chi connectivity index (χ0n) is 13.9. The summed E-state index contributed by atoms with van der Waals surface area (Å²) in [6, 6.07) is 10.2. The number of rotatable bonds is 4. The zero-order valence-corrected chi connectivity index (χ0v) is 13.9. The van der Waals surface area contributed by atoms with Crippen molar-refractivity contribution < 1.29 is 23.8 Å². The number of hydrogen-bond acceptors (Lipinski definition) is 5. The first-order valence-electron chi connectivity index (χ1n) is 7.71. The number of anilines is 2. The maximum atomic E-state index is 12.7. The van der Waals surface area contributed by atoms with Crippen LogP contribution in [0.4, 0.5) is 11.4 Å². The first kappa shape index (κ1) is 16.6. The molecule has 0 bridgehead atoms. The Labute approximate surface area is 144 Å². The predicted molar refractivity (Wildman–Crippen MR) is 92.7 cm³/mol. The van der Waals surface area contributed by atoms with Gasteiger partial charge < -0.3 is 24.8 Å². The summed E-state index contributed by atoms with van der Waals surface area (Å²) >= 11 is 0. The highest BCUT2D eigenvalue weighted by Gasteiger charge is 2.19. The maximum Gasteiger partial charge on any atom is 0.263 e. The van der Waals surface area contributed by atoms with E-state index in [-0.39, 0.29) is 18.2 Å². The monoisotopic (exact) mass is 342 g/mol. The van der Waals surface area contributed by atoms with E-state index in [0.29, 0.717) is 40.8 Å². The van der Waals surface area contributed by atoms with Gasteiger partial charge in [0, 0.05) is 5.69 Å². The molecule has 25 heavy (non-hydrogen) atoms. The Balaban J connectivity index is 1.88. The lowest BCUT2D eigenvalue weighted by atomic mass is 10.1. The number of methoxy groups -OCH3 is 2. The van der Waals surface area contributed by atoms with Gasteiger partial charge >= 0.3 is 0 Å². The average molecular weight is 342 g/mol. The van der Waals surface area contributed by atoms with Crippen molar-refractivity contribution in [3.8, 4) is 17.2 Å². The second kappa shape index (κ2) is 7.12. The van der Waals surface area contributed by atoms with E-state index in [0.717, 1.165) is 0 Å². The molecular weight excluding hydrogens is 324 g/mol. The van der Waals surface area contributed by atoms with Crippen LogP contribution in [0.2, 0.25) is 0 Å². The highest BCUT2D eigenvalue weighted by molar-refractivity contribution is 6.08. The van der Waals surface area contributed by atoms with E-state index < -0.39 is 0 Å². The van der Waals surface area contributed by atoms with Gasteiger partial charge in [0.15, 0.2) is 0 Å². The average Bonchev–Trinajstić information content (AvgIpc) is 2.80. The van der Waals surface area contributed by atoms with Gasteiger partial charge in [-0.2, -0.15) is 0 Å². The van der Waals surface area contributed by atoms with Crippen LogP contribution in [0, 0.1) is 0 Å². The van der Waals surface area contributed by atoms with Crippen LogP contribution in [0.15, 0.2) is 36.4 Å². The molecule has 0 atom stereocenters. The summed E-state index contributed by atoms with van der Waals surface area (Å²) in [7, 11) is 2.97. The van der Waals surface area contributed by atoms with Crippen LogP contribution in [0.3, 0.4) is 0 Å². The standard InChI is InChI=1S/C18H18N2O5/c1-23-14-4-3-5-15(24-2)17(14)18(22)19-11-6-7-13-12(10-11)20-16(21)8-9-25-13/h3-7,10H,8-9H2,1-2H3,(H,19,22)(H,20,21). The highest BCUT2D eigenvalue weighted by Crippen LogP contribution is 2.32. The molecule has 0 aromatic heterocycles. The number of ether oxygens (including phenoxy) is 3. The van der Waals surface area contributed by atoms with Gasteiger partial charge in [0.1, 0.15) is 22.8 Å². The first-order chi connectivity index (χ1) is 12.1. The fraction of sp³-hybridized carbons (Fsp3) is 0.222. The quantitative estimate of drug-likeness (QED) is 0.892. The molecule has 2 aromatic rings. The summed E-state index contributed by atoms with van der Waals surface area (Å²) < 4.78 is 16.0. The van der Waals surface area contributed by atoms with E-state index in [9.17, 15) is 9.59 Å². The Morgan fingerprint density at radius 1 is 1.16 bits per heavy atom. The minimum Gasteiger partial charge on any atom is -0.496 e. The van der Waals surface area contributed by atoms with Crippen LogP contribution < -0.4 is 24.8 Å². The third kappa shape index (κ3) is 3.50. The molecule has 1 aliphatic heterocycles. The molecule has 2 amide bonds. The van der Waals surface area contributed by atoms with Gasteiger partial charge in [-0.05, 0) is 30.3 Å². The van der Waals surface area contributed by atoms with Gasteiger partial charge in [-0.3, -0.25) is 9.59 Å². The molecule has 0 radical (unpaired) electrons. The van der Waals surface area contributed by atoms with Crippen LogP contribution in [0.5, 0.6) is 17.2 Å². The van der Waals surface area contributed by atoms with Gasteiger partial charge in [-0.25, -0.2) is 0 Å². The van der Waals surface area contributed by atoms with Crippen molar-refractivity contribution in [1.82, 2.24) is 0 Å². The number of nitrogens with one attached hydrogen (secondary N) is 2. The van der Waals surface area contributed by atoms with Gasteiger partial charge in [0.05, 0.1) is 32.9 Å². The normalized spacial score (nSPS) is 13.0. The van der Waals surface area contributed by atoms with Crippen LogP contribution >= 0.6 is 0 Å². The number of carbonyl (C=O) groups excluding carboxylic acids is 2. The van der Waals surface area contributed by atoms with E-state index >= 15 is 0 Å². The first-order valence-corrected chi connectivity index (χ1v) is 7.71. The second-order valence-electron chi connectivity index (χ2n) is 5.35. The van der Waals surface area contributed by atoms with Gasteiger partial charge in [0.25, 0.3) is 5.91 Å². The fourth-order valence-corrected chi connectivity index (χ4v) is 2.57. The summed E-state index contributed by atoms with van der Waals surface area (Å²) in [5.74, 6) is 0.869. The molecule has 0 saturated carbocycles. The van der Waals surface area contributed by atoms with Crippen molar-refractivity contribution in [2.45, 2.75) is 6.42 Å². The topological polar surface area (TPSA) is 85.9 Å². The Morgan fingerprint density at radius 3 is 2.56 bits per heavy atom. The minimum atomic E-state index is -0.380. The zero-order chi connectivity index (χ0) is 17.8. The third-order valence-electron chi connectivity index (χ3n) is 3.75. The molecule has 2 N–H and O–H groups in total. The molecule has 7 heteroatoms. The lowest BCUT2D eigenvalue weighted by Crippen LogP contribution is -2.15. The van der Waals surface area contributed by atoms with Crippen molar-refractivity contribution in [3.05, 3.63) is 42.0 Å². The molecule has 0 saturated heterocycles. The SMILES string of the molecule is COc1cccc(OC)c1C(=O)Nc1ccc2c(c1)NC(=O)CCO2. The van der Waals surface area contributed by atoms with Gasteiger partial charge in [-0.15, -0.1) is 0 Å². The van der Waals surface area contributed by atoms with Crippen molar-refractivity contribution in [1.29, 1.82) is 0 Å². The molecule has 3 rings (SSSR count). The fourth-order valence-electron chi connectivity index (χ4n) is 2.57. The molecule has 0 aliphatic carbocycles. The number of fused-ring (bicyclic) bond motifs is 1. The number of carbonyl (C=O) groups is 2. The van der Waals surface area contributed by atoms with E-state index in [1.54, 1.807) is 36.4 Å². The van der Waals surface area contributed by atoms with E-state index in [1.807, 2.05) is 0 Å². The molecule has 1 aliphatic rings. The lowest BCUT2D eigenvalue weighted by Gasteiger charge is -2.14. The van der Waals surface area contributed by atoms with Gasteiger partial charge in [0.2, 0.25) is 5.91 Å². The Bertz CT molecular complexity index is 797. The van der Waals surface area contributed by atoms with Crippen molar-refractivity contribution in [3.63, 3.8) is 0 Å². The number of benzene rings is 2. The van der Waals surface area contributed by atoms with Crippen LogP contribution in [-0.2, 0) is 4.79 Å². The molecule has 130 valence electrons. The number of amides is 2. The molecule has 2 aromatic carbocycles. The van der Waals surface area contributed by atoms with Gasteiger partial charge in [-0.1, -0.05) is 6.07 Å². The molecule has 0 fully saturated rings. The van der Waals surface area contributed by atoms with Crippen molar-refractivity contribution in [2.75, 3.05) is 31.5 Å². The van der Waals surface area contributed by atoms with E-state index in [1.165, 1.54) is 14.2 Å². The highest BCUT2D eigenvalue weighted by atomic mass is 16.5. The molecular formula is C18H18N2O5. The van der Waals surface area contributed by atoms with Crippen LogP contribution in [0.1, 0.15) is 16.8 Å². The molecule has 0 unspecified atom stereocenters. The van der Waals surface area contributed by atoms with E-state index in [4.69, 9.17) is 14.2 Å². The van der Waals surface area contributed by atoms with Crippen LogP contribution in [-0.4, -0.2) is 32.6 Å². The predicted octanol–water partition coefficient (Wildman–Crippen LogP) is 2.68. The second-order valence-corrected chi connectivity index (χ2v) is 5.35. The Kier molecular flexibility index (Phi) is 4.74. The molecule has 0 spiro atoms. The summed E-state index contributed by atoms with van der Waals surface area (Å²) in [6.07, 6.45) is 0.286.